The van der Waals surface area contributed by atoms with Crippen molar-refractivity contribution < 1.29 is 0 Å². The van der Waals surface area contributed by atoms with Crippen LogP contribution in [0.1, 0.15) is 46.0 Å². The van der Waals surface area contributed by atoms with Crippen molar-refractivity contribution in [2.24, 2.45) is 17.4 Å². The summed E-state index contributed by atoms with van der Waals surface area (Å²) in [6, 6.07) is 1.06. The van der Waals surface area contributed by atoms with Crippen molar-refractivity contribution in [1.82, 2.24) is 5.32 Å². The standard InChI is InChI=1S/C12H27N3/c1-9(2)11(14)8-15-12-7-5-3-4-6-10(12)13/h9-12,15H,3-8,13-14H2,1-2H3. The third-order valence-corrected chi connectivity index (χ3v) is 3.54. The van der Waals surface area contributed by atoms with Crippen molar-refractivity contribution in [3.8, 4) is 0 Å². The van der Waals surface area contributed by atoms with Crippen LogP contribution >= 0.6 is 0 Å². The summed E-state index contributed by atoms with van der Waals surface area (Å²) in [5, 5.41) is 3.54. The topological polar surface area (TPSA) is 64.1 Å². The van der Waals surface area contributed by atoms with E-state index in [0.717, 1.165) is 13.0 Å². The van der Waals surface area contributed by atoms with Crippen LogP contribution in [0.5, 0.6) is 0 Å². The summed E-state index contributed by atoms with van der Waals surface area (Å²) in [4.78, 5) is 0. The Balaban J connectivity index is 2.29. The molecule has 0 saturated heterocycles. The molecule has 0 spiro atoms. The van der Waals surface area contributed by atoms with Crippen LogP contribution in [0.3, 0.4) is 0 Å². The van der Waals surface area contributed by atoms with Gasteiger partial charge in [-0.3, -0.25) is 0 Å². The highest BCUT2D eigenvalue weighted by atomic mass is 15.0. The summed E-state index contributed by atoms with van der Waals surface area (Å²) in [5.74, 6) is 0.541. The Labute approximate surface area is 94.0 Å². The molecule has 0 bridgehead atoms. The van der Waals surface area contributed by atoms with E-state index < -0.39 is 0 Å². The van der Waals surface area contributed by atoms with Gasteiger partial charge in [0.1, 0.15) is 0 Å². The maximum Gasteiger partial charge on any atom is 0.0219 e. The van der Waals surface area contributed by atoms with Crippen molar-refractivity contribution >= 4 is 0 Å². The van der Waals surface area contributed by atoms with Crippen molar-refractivity contribution in [3.63, 3.8) is 0 Å². The first-order chi connectivity index (χ1) is 7.11. The summed E-state index contributed by atoms with van der Waals surface area (Å²) in [5.41, 5.74) is 12.2. The lowest BCUT2D eigenvalue weighted by atomic mass is 10.0. The maximum atomic E-state index is 6.14. The fourth-order valence-corrected chi connectivity index (χ4v) is 2.11. The van der Waals surface area contributed by atoms with Crippen molar-refractivity contribution in [3.05, 3.63) is 0 Å². The van der Waals surface area contributed by atoms with E-state index >= 15 is 0 Å². The van der Waals surface area contributed by atoms with E-state index in [1.54, 1.807) is 0 Å². The van der Waals surface area contributed by atoms with Gasteiger partial charge in [0, 0.05) is 24.7 Å². The SMILES string of the molecule is CC(C)C(N)CNC1CCCCCC1N. The predicted molar refractivity (Wildman–Crippen MR) is 65.7 cm³/mol. The molecule has 3 unspecified atom stereocenters. The van der Waals surface area contributed by atoms with Crippen LogP contribution in [0.4, 0.5) is 0 Å². The van der Waals surface area contributed by atoms with Crippen LogP contribution in [-0.4, -0.2) is 24.7 Å². The average Bonchev–Trinajstić information content (AvgIpc) is 2.39. The molecule has 1 aliphatic carbocycles. The first kappa shape index (κ1) is 12.9. The van der Waals surface area contributed by atoms with Gasteiger partial charge in [0.2, 0.25) is 0 Å². The van der Waals surface area contributed by atoms with Crippen LogP contribution in [0.2, 0.25) is 0 Å². The number of nitrogens with one attached hydrogen (secondary N) is 1. The molecule has 3 heteroatoms. The number of hydrogen-bond donors (Lipinski definition) is 3. The second-order valence-corrected chi connectivity index (χ2v) is 5.22. The van der Waals surface area contributed by atoms with Gasteiger partial charge in [-0.25, -0.2) is 0 Å². The molecule has 3 atom stereocenters. The first-order valence-electron chi connectivity index (χ1n) is 6.36. The van der Waals surface area contributed by atoms with Crippen LogP contribution in [-0.2, 0) is 0 Å². The summed E-state index contributed by atoms with van der Waals surface area (Å²) in [6.45, 7) is 5.23. The fourth-order valence-electron chi connectivity index (χ4n) is 2.11. The summed E-state index contributed by atoms with van der Waals surface area (Å²) < 4.78 is 0. The monoisotopic (exact) mass is 213 g/mol. The number of rotatable bonds is 4. The molecule has 0 aromatic heterocycles. The van der Waals surface area contributed by atoms with Crippen LogP contribution in [0, 0.1) is 5.92 Å². The highest BCUT2D eigenvalue weighted by Gasteiger charge is 2.20. The third-order valence-electron chi connectivity index (χ3n) is 3.54. The Morgan fingerprint density at radius 3 is 2.53 bits per heavy atom. The minimum Gasteiger partial charge on any atom is -0.326 e. The minimum absolute atomic E-state index is 0.250. The molecule has 0 radical (unpaired) electrons. The summed E-state index contributed by atoms with van der Waals surface area (Å²) in [7, 11) is 0. The smallest absolute Gasteiger partial charge is 0.0219 e. The molecule has 0 aromatic carbocycles. The Bertz CT molecular complexity index is 170. The van der Waals surface area contributed by atoms with E-state index in [9.17, 15) is 0 Å². The molecule has 5 N–H and O–H groups in total. The largest absolute Gasteiger partial charge is 0.326 e. The van der Waals surface area contributed by atoms with E-state index in [2.05, 4.69) is 19.2 Å². The summed E-state index contributed by atoms with van der Waals surface area (Å²) in [6.07, 6.45) is 6.31. The molecule has 90 valence electrons. The zero-order chi connectivity index (χ0) is 11.3. The fraction of sp³-hybridized carbons (Fsp3) is 1.00. The molecule has 3 nitrogen and oxygen atoms in total. The lowest BCUT2D eigenvalue weighted by Gasteiger charge is -2.25. The third kappa shape index (κ3) is 4.49. The van der Waals surface area contributed by atoms with E-state index in [4.69, 9.17) is 11.5 Å². The van der Waals surface area contributed by atoms with Gasteiger partial charge in [-0.2, -0.15) is 0 Å². The molecule has 1 fully saturated rings. The van der Waals surface area contributed by atoms with E-state index in [1.165, 1.54) is 25.7 Å². The lowest BCUT2D eigenvalue weighted by Crippen LogP contribution is -2.49. The molecule has 0 heterocycles. The normalized spacial score (nSPS) is 30.2. The molecule has 0 aliphatic heterocycles. The predicted octanol–water partition coefficient (Wildman–Crippen LogP) is 1.22. The van der Waals surface area contributed by atoms with E-state index in [1.807, 2.05) is 0 Å². The Hall–Kier alpha value is -0.120. The second kappa shape index (κ2) is 6.46. The molecular formula is C12H27N3. The Kier molecular flexibility index (Phi) is 5.58. The first-order valence-corrected chi connectivity index (χ1v) is 6.36. The van der Waals surface area contributed by atoms with Gasteiger partial charge in [-0.05, 0) is 18.8 Å². The van der Waals surface area contributed by atoms with Gasteiger partial charge in [0.25, 0.3) is 0 Å². The second-order valence-electron chi connectivity index (χ2n) is 5.22. The Morgan fingerprint density at radius 2 is 1.87 bits per heavy atom. The van der Waals surface area contributed by atoms with E-state index in [0.29, 0.717) is 18.0 Å². The van der Waals surface area contributed by atoms with Crippen molar-refractivity contribution in [2.75, 3.05) is 6.54 Å². The summed E-state index contributed by atoms with van der Waals surface area (Å²) >= 11 is 0. The van der Waals surface area contributed by atoms with Crippen LogP contribution in [0.15, 0.2) is 0 Å². The van der Waals surface area contributed by atoms with Gasteiger partial charge in [-0.15, -0.1) is 0 Å². The zero-order valence-electron chi connectivity index (χ0n) is 10.2. The average molecular weight is 213 g/mol. The van der Waals surface area contributed by atoms with Crippen molar-refractivity contribution in [2.45, 2.75) is 64.1 Å². The van der Waals surface area contributed by atoms with Crippen molar-refractivity contribution in [1.29, 1.82) is 0 Å². The molecule has 0 amide bonds. The maximum absolute atomic E-state index is 6.14. The zero-order valence-corrected chi connectivity index (χ0v) is 10.2. The molecule has 1 rings (SSSR count). The molecule has 1 saturated carbocycles. The highest BCUT2D eigenvalue weighted by molar-refractivity contribution is 4.83. The molecule has 0 aromatic rings. The van der Waals surface area contributed by atoms with Gasteiger partial charge in [-0.1, -0.05) is 33.1 Å². The number of nitrogens with two attached hydrogens (primary N) is 2. The quantitative estimate of drug-likeness (QED) is 0.615. The molecular weight excluding hydrogens is 186 g/mol. The number of hydrogen-bond acceptors (Lipinski definition) is 3. The van der Waals surface area contributed by atoms with Gasteiger partial charge < -0.3 is 16.8 Å². The Morgan fingerprint density at radius 1 is 1.20 bits per heavy atom. The van der Waals surface area contributed by atoms with Crippen LogP contribution < -0.4 is 16.8 Å². The van der Waals surface area contributed by atoms with Gasteiger partial charge >= 0.3 is 0 Å². The minimum atomic E-state index is 0.250. The highest BCUT2D eigenvalue weighted by Crippen LogP contribution is 2.16. The van der Waals surface area contributed by atoms with E-state index in [-0.39, 0.29) is 6.04 Å². The molecule has 15 heavy (non-hydrogen) atoms. The van der Waals surface area contributed by atoms with Crippen LogP contribution in [0.25, 0.3) is 0 Å². The van der Waals surface area contributed by atoms with Gasteiger partial charge in [0.05, 0.1) is 0 Å². The molecule has 1 aliphatic rings. The van der Waals surface area contributed by atoms with Gasteiger partial charge in [0.15, 0.2) is 0 Å². The lowest BCUT2D eigenvalue weighted by molar-refractivity contribution is 0.369.